The molecule has 5 aromatic rings. The van der Waals surface area contributed by atoms with Crippen molar-refractivity contribution in [2.24, 2.45) is 0 Å². The van der Waals surface area contributed by atoms with Gasteiger partial charge in [-0.05, 0) is 19.8 Å². The lowest BCUT2D eigenvalue weighted by Gasteiger charge is -2.47. The first-order valence-electron chi connectivity index (χ1n) is 18.0. The maximum atomic E-state index is 11.8. The fraction of sp³-hybridized carbons (Fsp3) is 0.385. The first-order chi connectivity index (χ1) is 25.6. The molecule has 0 unspecified atom stereocenters. The molecule has 4 fully saturated rings. The summed E-state index contributed by atoms with van der Waals surface area (Å²) in [5, 5.41) is 7.30. The summed E-state index contributed by atoms with van der Waals surface area (Å²) in [5.41, 5.74) is 7.57. The second-order valence-corrected chi connectivity index (χ2v) is 15.6. The second-order valence-electron chi connectivity index (χ2n) is 14.9. The van der Waals surface area contributed by atoms with Crippen LogP contribution in [0.2, 0.25) is 10.0 Å². The molecular weight excluding hydrogens is 713 g/mol. The number of aryl methyl sites for hydroxylation is 1. The second kappa shape index (κ2) is 13.0. The van der Waals surface area contributed by atoms with Crippen molar-refractivity contribution in [3.63, 3.8) is 0 Å². The van der Waals surface area contributed by atoms with Crippen LogP contribution in [0.4, 0.5) is 0 Å². The molecule has 2 spiro atoms. The van der Waals surface area contributed by atoms with E-state index in [1.165, 1.54) is 0 Å². The van der Waals surface area contributed by atoms with Gasteiger partial charge >= 0.3 is 0 Å². The molecule has 0 saturated carbocycles. The van der Waals surface area contributed by atoms with E-state index in [4.69, 9.17) is 47.9 Å². The van der Waals surface area contributed by atoms with E-state index in [9.17, 15) is 9.59 Å². The Labute approximate surface area is 316 Å². The third-order valence-corrected chi connectivity index (χ3v) is 12.0. The molecule has 4 aliphatic rings. The maximum absolute atomic E-state index is 11.8. The van der Waals surface area contributed by atoms with E-state index in [2.05, 4.69) is 38.1 Å². The van der Waals surface area contributed by atoms with Crippen molar-refractivity contribution in [3.8, 4) is 39.5 Å². The Kier molecular flexibility index (Phi) is 8.41. The zero-order valence-corrected chi connectivity index (χ0v) is 31.1. The van der Waals surface area contributed by atoms with Gasteiger partial charge < -0.3 is 19.9 Å². The highest BCUT2D eigenvalue weighted by molar-refractivity contribution is 6.39. The highest BCUT2D eigenvalue weighted by atomic mass is 35.5. The van der Waals surface area contributed by atoms with Gasteiger partial charge in [0.2, 0.25) is 17.7 Å². The van der Waals surface area contributed by atoms with E-state index < -0.39 is 0 Å². The smallest absolute Gasteiger partial charge is 0.237 e. The molecule has 4 aliphatic heterocycles. The van der Waals surface area contributed by atoms with Crippen LogP contribution in [-0.2, 0) is 29.2 Å². The molecule has 0 aliphatic carbocycles. The van der Waals surface area contributed by atoms with Crippen LogP contribution in [0.25, 0.3) is 44.8 Å². The number of carbonyl (C=O) groups excluding carboxylic acids is 2. The summed E-state index contributed by atoms with van der Waals surface area (Å²) in [5.74, 6) is 0.712. The number of rotatable bonds is 9. The Balaban J connectivity index is 0.965. The molecule has 4 saturated heterocycles. The normalized spacial score (nSPS) is 19.1. The Morgan fingerprint density at radius 3 is 1.87 bits per heavy atom. The molecule has 0 radical (unpaired) electrons. The topological polar surface area (TPSA) is 130 Å². The van der Waals surface area contributed by atoms with Crippen LogP contribution < -0.4 is 15.4 Å². The number of amides is 2. The van der Waals surface area contributed by atoms with Crippen LogP contribution >= 0.6 is 23.2 Å². The fourth-order valence-electron chi connectivity index (χ4n) is 8.59. The van der Waals surface area contributed by atoms with Crippen LogP contribution in [0.3, 0.4) is 0 Å². The summed E-state index contributed by atoms with van der Waals surface area (Å²) in [7, 11) is 1.59. The summed E-state index contributed by atoms with van der Waals surface area (Å²) in [4.78, 5) is 47.7. The van der Waals surface area contributed by atoms with Crippen LogP contribution in [0, 0.1) is 0 Å². The lowest BCUT2D eigenvalue weighted by atomic mass is 9.88. The van der Waals surface area contributed by atoms with E-state index in [0.29, 0.717) is 52.3 Å². The molecule has 12 nitrogen and oxygen atoms in total. The summed E-state index contributed by atoms with van der Waals surface area (Å²) >= 11 is 14.3. The van der Waals surface area contributed by atoms with E-state index in [1.54, 1.807) is 19.5 Å². The molecule has 53 heavy (non-hydrogen) atoms. The average molecular weight is 753 g/mol. The Bertz CT molecular complexity index is 2300. The zero-order chi connectivity index (χ0) is 36.5. The van der Waals surface area contributed by atoms with Gasteiger partial charge in [0.05, 0.1) is 52.0 Å². The fourth-order valence-corrected chi connectivity index (χ4v) is 9.24. The predicted molar refractivity (Wildman–Crippen MR) is 202 cm³/mol. The molecular formula is C39H39Cl2N9O3. The molecule has 272 valence electrons. The molecule has 9 rings (SSSR count). The Morgan fingerprint density at radius 2 is 1.32 bits per heavy atom. The molecule has 2 aromatic carbocycles. The minimum absolute atomic E-state index is 0.0656. The first-order valence-corrected chi connectivity index (χ1v) is 18.8. The van der Waals surface area contributed by atoms with Crippen molar-refractivity contribution in [2.45, 2.75) is 63.3 Å². The van der Waals surface area contributed by atoms with Crippen molar-refractivity contribution in [3.05, 3.63) is 76.3 Å². The number of likely N-dealkylation sites (tertiary alicyclic amines) is 2. The summed E-state index contributed by atoms with van der Waals surface area (Å²) in [6.07, 6.45) is 8.62. The van der Waals surface area contributed by atoms with Crippen molar-refractivity contribution < 1.29 is 14.3 Å². The van der Waals surface area contributed by atoms with Crippen LogP contribution in [0.1, 0.15) is 43.9 Å². The number of methoxy groups -OCH3 is 1. The number of aromatic nitrogens is 5. The molecule has 14 heteroatoms. The minimum atomic E-state index is -0.107. The van der Waals surface area contributed by atoms with Crippen LogP contribution in [-0.4, -0.2) is 90.5 Å². The van der Waals surface area contributed by atoms with Gasteiger partial charge in [-0.1, -0.05) is 59.6 Å². The Morgan fingerprint density at radius 1 is 0.774 bits per heavy atom. The van der Waals surface area contributed by atoms with E-state index >= 15 is 0 Å². The quantitative estimate of drug-likeness (QED) is 0.201. The standard InChI is InChI=1S/C39H39Cl2N9O3/c1-3-50-17-23(16-48-19-38(20-48)12-10-31(51)46-38)35-36(50)44-28(15-43-35)26-8-4-6-24(33(26)40)25-7-5-9-27(34(25)41)29-14-42-30(37(45-29)53-2)18-49-21-39(22-49)13-11-32(52)47-39/h4-9,14-15,17H,3,10-13,16,18-22H2,1-2H3,(H,46,51)(H,47,52). The SMILES string of the molecule is CCn1cc(CN2CC3(CCC(=O)N3)C2)c2ncc(-c3cccc(-c4cccc(-c5cnc(CN6CC7(CCC(=O)N7)C6)c(OC)n5)c4Cl)c3Cl)nc21. The van der Waals surface area contributed by atoms with Gasteiger partial charge in [-0.25, -0.2) is 9.97 Å². The monoisotopic (exact) mass is 751 g/mol. The predicted octanol–water partition coefficient (Wildman–Crippen LogP) is 5.49. The maximum Gasteiger partial charge on any atom is 0.237 e. The number of nitrogens with one attached hydrogen (secondary N) is 2. The average Bonchev–Trinajstić information content (AvgIpc) is 3.83. The van der Waals surface area contributed by atoms with Gasteiger partial charge in [0.1, 0.15) is 11.2 Å². The van der Waals surface area contributed by atoms with Crippen molar-refractivity contribution in [2.75, 3.05) is 33.3 Å². The van der Waals surface area contributed by atoms with Crippen LogP contribution in [0.15, 0.2) is 55.0 Å². The minimum Gasteiger partial charge on any atom is -0.480 e. The van der Waals surface area contributed by atoms with Gasteiger partial charge in [-0.3, -0.25) is 29.4 Å². The summed E-state index contributed by atoms with van der Waals surface area (Å²) < 4.78 is 7.81. The molecule has 3 aromatic heterocycles. The molecule has 0 bridgehead atoms. The number of nitrogens with zero attached hydrogens (tertiary/aromatic N) is 7. The van der Waals surface area contributed by atoms with E-state index in [1.807, 2.05) is 36.4 Å². The molecule has 2 amide bonds. The van der Waals surface area contributed by atoms with Gasteiger partial charge in [-0.15, -0.1) is 0 Å². The zero-order valence-electron chi connectivity index (χ0n) is 29.6. The summed E-state index contributed by atoms with van der Waals surface area (Å²) in [6.45, 7) is 7.44. The molecule has 7 heterocycles. The lowest BCUT2D eigenvalue weighted by Crippen LogP contribution is -2.66. The molecule has 0 atom stereocenters. The van der Waals surface area contributed by atoms with Gasteiger partial charge in [0, 0.05) is 92.7 Å². The largest absolute Gasteiger partial charge is 0.480 e. The van der Waals surface area contributed by atoms with Gasteiger partial charge in [-0.2, -0.15) is 0 Å². The van der Waals surface area contributed by atoms with Crippen LogP contribution in [0.5, 0.6) is 5.88 Å². The van der Waals surface area contributed by atoms with Crippen molar-refractivity contribution >= 4 is 46.2 Å². The highest BCUT2D eigenvalue weighted by Gasteiger charge is 2.48. The van der Waals surface area contributed by atoms with Crippen molar-refractivity contribution in [1.82, 2.24) is 44.9 Å². The summed E-state index contributed by atoms with van der Waals surface area (Å²) in [6, 6.07) is 11.6. The number of ether oxygens (including phenoxy) is 1. The first kappa shape index (κ1) is 34.2. The third kappa shape index (κ3) is 6.01. The number of halogens is 2. The number of carbonyl (C=O) groups is 2. The lowest BCUT2D eigenvalue weighted by molar-refractivity contribution is -0.121. The number of benzene rings is 2. The van der Waals surface area contributed by atoms with E-state index in [0.717, 1.165) is 91.2 Å². The van der Waals surface area contributed by atoms with Crippen molar-refractivity contribution in [1.29, 1.82) is 0 Å². The Hall–Kier alpha value is -4.62. The van der Waals surface area contributed by atoms with Gasteiger partial charge in [0.25, 0.3) is 0 Å². The highest BCUT2D eigenvalue weighted by Crippen LogP contribution is 2.42. The third-order valence-electron chi connectivity index (χ3n) is 11.2. The molecule has 2 N–H and O–H groups in total. The number of hydrogen-bond donors (Lipinski definition) is 2. The van der Waals surface area contributed by atoms with E-state index in [-0.39, 0.29) is 22.9 Å². The van der Waals surface area contributed by atoms with Gasteiger partial charge in [0.15, 0.2) is 5.65 Å². The number of fused-ring (bicyclic) bond motifs is 1. The number of hydrogen-bond acceptors (Lipinski definition) is 9.